The van der Waals surface area contributed by atoms with Gasteiger partial charge in [-0.2, -0.15) is 0 Å². The quantitative estimate of drug-likeness (QED) is 0.732. The molecule has 6 heteroatoms. The molecule has 98 valence electrons. The summed E-state index contributed by atoms with van der Waals surface area (Å²) >= 11 is 0. The van der Waals surface area contributed by atoms with Crippen molar-refractivity contribution in [2.24, 2.45) is 5.92 Å². The Morgan fingerprint density at radius 3 is 2.29 bits per heavy atom. The summed E-state index contributed by atoms with van der Waals surface area (Å²) in [7, 11) is 0. The Balaban J connectivity index is 2.54. The van der Waals surface area contributed by atoms with Gasteiger partial charge in [-0.3, -0.25) is 4.79 Å². The van der Waals surface area contributed by atoms with Crippen molar-refractivity contribution >= 4 is 12.1 Å². The largest absolute Gasteiger partial charge is 0.443 e. The molecule has 0 bridgehead atoms. The fourth-order valence-corrected chi connectivity index (χ4v) is 1.33. The van der Waals surface area contributed by atoms with Crippen LogP contribution in [0.5, 0.6) is 0 Å². The third kappa shape index (κ3) is 5.04. The van der Waals surface area contributed by atoms with Gasteiger partial charge in [0.2, 0.25) is 0 Å². The average molecular weight is 244 g/mol. The van der Waals surface area contributed by atoms with E-state index in [2.05, 4.69) is 5.32 Å². The third-order valence-electron chi connectivity index (χ3n) is 2.13. The lowest BCUT2D eigenvalue weighted by Crippen LogP contribution is -2.50. The van der Waals surface area contributed by atoms with Gasteiger partial charge < -0.3 is 14.9 Å². The number of carbonyl (C=O) groups excluding carboxylic acids is 2. The lowest BCUT2D eigenvalue weighted by Gasteiger charge is -2.32. The average Bonchev–Trinajstić information content (AvgIpc) is 2.05. The molecule has 1 saturated heterocycles. The fraction of sp³-hybridized carbons (Fsp3) is 0.818. The molecule has 1 aliphatic heterocycles. The Bertz CT molecular complexity index is 294. The molecule has 1 N–H and O–H groups in total. The fourth-order valence-electron chi connectivity index (χ4n) is 1.33. The second-order valence-corrected chi connectivity index (χ2v) is 5.15. The van der Waals surface area contributed by atoms with Gasteiger partial charge >= 0.3 is 12.1 Å². The van der Waals surface area contributed by atoms with Crippen LogP contribution in [-0.2, 0) is 14.4 Å². The van der Waals surface area contributed by atoms with Crippen molar-refractivity contribution in [3.8, 4) is 0 Å². The van der Waals surface area contributed by atoms with Crippen LogP contribution >= 0.6 is 0 Å². The highest BCUT2D eigenvalue weighted by Gasteiger charge is 2.29. The van der Waals surface area contributed by atoms with E-state index >= 15 is 0 Å². The Morgan fingerprint density at radius 1 is 1.35 bits per heavy atom. The number of hydrogen-bond acceptors (Lipinski definition) is 5. The van der Waals surface area contributed by atoms with E-state index in [4.69, 9.17) is 9.57 Å². The van der Waals surface area contributed by atoms with Crippen LogP contribution in [-0.4, -0.2) is 42.4 Å². The zero-order valence-corrected chi connectivity index (χ0v) is 10.8. The molecule has 0 saturated carbocycles. The van der Waals surface area contributed by atoms with Crippen LogP contribution in [0.2, 0.25) is 0 Å². The van der Waals surface area contributed by atoms with Gasteiger partial charge in [-0.25, -0.2) is 4.79 Å². The van der Waals surface area contributed by atoms with Crippen LogP contribution in [0.25, 0.3) is 0 Å². The van der Waals surface area contributed by atoms with Crippen LogP contribution in [0, 0.1) is 5.92 Å². The van der Waals surface area contributed by atoms with Gasteiger partial charge in [0, 0.05) is 25.9 Å². The van der Waals surface area contributed by atoms with E-state index in [1.54, 1.807) is 20.8 Å². The van der Waals surface area contributed by atoms with Gasteiger partial charge in [0.1, 0.15) is 5.60 Å². The maximum Gasteiger partial charge on any atom is 0.443 e. The molecule has 0 aromatic rings. The lowest BCUT2D eigenvalue weighted by molar-refractivity contribution is -0.185. The first-order chi connectivity index (χ1) is 7.78. The van der Waals surface area contributed by atoms with Crippen LogP contribution in [0.1, 0.15) is 27.7 Å². The van der Waals surface area contributed by atoms with Gasteiger partial charge in [-0.05, 0) is 20.8 Å². The zero-order valence-electron chi connectivity index (χ0n) is 10.8. The number of carbonyl (C=O) groups is 2. The maximum absolute atomic E-state index is 11.8. The van der Waals surface area contributed by atoms with E-state index in [1.165, 1.54) is 6.92 Å². The molecular formula is C11H20N2O4. The molecule has 0 spiro atoms. The van der Waals surface area contributed by atoms with E-state index in [0.29, 0.717) is 12.5 Å². The summed E-state index contributed by atoms with van der Waals surface area (Å²) < 4.78 is 5.16. The van der Waals surface area contributed by atoms with Crippen molar-refractivity contribution in [2.75, 3.05) is 19.6 Å². The van der Waals surface area contributed by atoms with Crippen molar-refractivity contribution in [1.82, 2.24) is 10.4 Å². The topological polar surface area (TPSA) is 67.9 Å². The molecule has 0 aromatic heterocycles. The number of hydrogen-bond donors (Lipinski definition) is 1. The predicted molar refractivity (Wildman–Crippen MR) is 61.1 cm³/mol. The Labute approximate surface area is 101 Å². The van der Waals surface area contributed by atoms with Crippen molar-refractivity contribution in [1.29, 1.82) is 0 Å². The van der Waals surface area contributed by atoms with Crippen LogP contribution < -0.4 is 5.32 Å². The van der Waals surface area contributed by atoms with Crippen LogP contribution in [0.3, 0.4) is 0 Å². The first-order valence-corrected chi connectivity index (χ1v) is 5.67. The van der Waals surface area contributed by atoms with Crippen molar-refractivity contribution in [3.63, 3.8) is 0 Å². The minimum atomic E-state index is -0.625. The summed E-state index contributed by atoms with van der Waals surface area (Å²) in [5.41, 5.74) is -0.604. The second kappa shape index (κ2) is 5.35. The summed E-state index contributed by atoms with van der Waals surface area (Å²) in [6, 6.07) is 0. The Morgan fingerprint density at radius 2 is 1.94 bits per heavy atom. The second-order valence-electron chi connectivity index (χ2n) is 5.15. The normalized spacial score (nSPS) is 16.0. The van der Waals surface area contributed by atoms with E-state index in [1.807, 2.05) is 0 Å². The molecule has 1 rings (SSSR count). The highest BCUT2D eigenvalue weighted by Crippen LogP contribution is 2.13. The van der Waals surface area contributed by atoms with Crippen molar-refractivity contribution in [2.45, 2.75) is 33.3 Å². The van der Waals surface area contributed by atoms with Crippen LogP contribution in [0.15, 0.2) is 0 Å². The van der Waals surface area contributed by atoms with Crippen LogP contribution in [0.4, 0.5) is 4.79 Å². The van der Waals surface area contributed by atoms with E-state index in [9.17, 15) is 9.59 Å². The Hall–Kier alpha value is -1.30. The number of nitrogens with one attached hydrogen (secondary N) is 1. The van der Waals surface area contributed by atoms with E-state index in [-0.39, 0.29) is 0 Å². The van der Waals surface area contributed by atoms with Gasteiger partial charge in [0.15, 0.2) is 0 Å². The highest BCUT2D eigenvalue weighted by atomic mass is 16.8. The van der Waals surface area contributed by atoms with Gasteiger partial charge in [-0.1, -0.05) is 0 Å². The zero-order chi connectivity index (χ0) is 13.1. The monoisotopic (exact) mass is 244 g/mol. The first kappa shape index (κ1) is 13.8. The summed E-state index contributed by atoms with van der Waals surface area (Å²) in [4.78, 5) is 27.6. The maximum atomic E-state index is 11.8. The number of rotatable bonds is 2. The molecule has 1 heterocycles. The summed E-state index contributed by atoms with van der Waals surface area (Å²) in [6.07, 6.45) is -0.625. The molecule has 0 atom stereocenters. The molecule has 6 nitrogen and oxygen atoms in total. The highest BCUT2D eigenvalue weighted by molar-refractivity contribution is 5.71. The number of ether oxygens (including phenoxy) is 1. The van der Waals surface area contributed by atoms with Crippen molar-refractivity contribution < 1.29 is 19.2 Å². The molecule has 0 unspecified atom stereocenters. The smallest absolute Gasteiger partial charge is 0.442 e. The summed E-state index contributed by atoms with van der Waals surface area (Å²) in [5.74, 6) is -0.218. The molecule has 1 fully saturated rings. The number of nitrogens with zero attached hydrogens (tertiary/aromatic N) is 1. The minimum Gasteiger partial charge on any atom is -0.442 e. The molecule has 17 heavy (non-hydrogen) atoms. The molecule has 1 aliphatic rings. The summed E-state index contributed by atoms with van der Waals surface area (Å²) in [6.45, 7) is 8.56. The van der Waals surface area contributed by atoms with Crippen molar-refractivity contribution in [3.05, 3.63) is 0 Å². The SMILES string of the molecule is CC(=O)ON(CC1CNC1)C(=O)OC(C)(C)C. The lowest BCUT2D eigenvalue weighted by atomic mass is 10.0. The number of hydroxylamine groups is 2. The first-order valence-electron chi connectivity index (χ1n) is 5.67. The molecule has 0 aromatic carbocycles. The molecule has 0 radical (unpaired) electrons. The van der Waals surface area contributed by atoms with Gasteiger partial charge in [-0.15, -0.1) is 5.06 Å². The van der Waals surface area contributed by atoms with Gasteiger partial charge in [0.25, 0.3) is 0 Å². The standard InChI is InChI=1S/C11H20N2O4/c1-8(14)17-13(7-9-5-12-6-9)10(15)16-11(2,3)4/h9,12H,5-7H2,1-4H3. The van der Waals surface area contributed by atoms with E-state index in [0.717, 1.165) is 18.2 Å². The third-order valence-corrected chi connectivity index (χ3v) is 2.13. The Kier molecular flexibility index (Phi) is 4.34. The molecular weight excluding hydrogens is 224 g/mol. The summed E-state index contributed by atoms with van der Waals surface area (Å²) in [5, 5.41) is 4.09. The minimum absolute atomic E-state index is 0.307. The van der Waals surface area contributed by atoms with Gasteiger partial charge in [0.05, 0.1) is 6.54 Å². The molecule has 0 aliphatic carbocycles. The molecule has 1 amide bonds. The van der Waals surface area contributed by atoms with E-state index < -0.39 is 17.7 Å². The number of amides is 1. The predicted octanol–water partition coefficient (Wildman–Crippen LogP) is 0.921.